The van der Waals surface area contributed by atoms with Gasteiger partial charge in [-0.05, 0) is 18.8 Å². The Kier molecular flexibility index (Phi) is 4.88. The summed E-state index contributed by atoms with van der Waals surface area (Å²) in [6, 6.07) is 2.66. The molecule has 1 aromatic carbocycles. The van der Waals surface area contributed by atoms with Crippen LogP contribution in [-0.2, 0) is 0 Å². The SMILES string of the molecule is O=[N+]([O-])c1cc(Cl)c(NCC2CCCCC2)c(Cl)c1. The van der Waals surface area contributed by atoms with Crippen LogP contribution in [0.5, 0.6) is 0 Å². The number of benzene rings is 1. The van der Waals surface area contributed by atoms with E-state index in [-0.39, 0.29) is 5.69 Å². The van der Waals surface area contributed by atoms with Crippen molar-refractivity contribution >= 4 is 34.6 Å². The van der Waals surface area contributed by atoms with Gasteiger partial charge in [0.1, 0.15) is 0 Å². The van der Waals surface area contributed by atoms with Gasteiger partial charge in [0.05, 0.1) is 20.7 Å². The highest BCUT2D eigenvalue weighted by atomic mass is 35.5. The van der Waals surface area contributed by atoms with Crippen LogP contribution in [0.1, 0.15) is 32.1 Å². The van der Waals surface area contributed by atoms with Crippen molar-refractivity contribution in [3.8, 4) is 0 Å². The van der Waals surface area contributed by atoms with Crippen molar-refractivity contribution in [3.05, 3.63) is 32.3 Å². The summed E-state index contributed by atoms with van der Waals surface area (Å²) in [5.74, 6) is 0.635. The van der Waals surface area contributed by atoms with E-state index in [0.29, 0.717) is 21.7 Å². The van der Waals surface area contributed by atoms with Crippen molar-refractivity contribution in [1.29, 1.82) is 0 Å². The molecule has 1 aliphatic carbocycles. The molecule has 0 spiro atoms. The lowest BCUT2D eigenvalue weighted by Crippen LogP contribution is -2.17. The average Bonchev–Trinajstić information content (AvgIpc) is 2.38. The maximum absolute atomic E-state index is 10.7. The van der Waals surface area contributed by atoms with Crippen LogP contribution in [0.25, 0.3) is 0 Å². The van der Waals surface area contributed by atoms with E-state index in [4.69, 9.17) is 23.2 Å². The van der Waals surface area contributed by atoms with Gasteiger partial charge >= 0.3 is 0 Å². The number of hydrogen-bond donors (Lipinski definition) is 1. The molecule has 1 aromatic rings. The third-order valence-electron chi connectivity index (χ3n) is 3.53. The zero-order valence-corrected chi connectivity index (χ0v) is 12.0. The number of nitrogens with zero attached hydrogens (tertiary/aromatic N) is 1. The second kappa shape index (κ2) is 6.44. The van der Waals surface area contributed by atoms with Gasteiger partial charge in [-0.1, -0.05) is 42.5 Å². The van der Waals surface area contributed by atoms with Crippen molar-refractivity contribution in [1.82, 2.24) is 0 Å². The van der Waals surface area contributed by atoms with E-state index in [0.717, 1.165) is 6.54 Å². The molecule has 0 amide bonds. The van der Waals surface area contributed by atoms with E-state index >= 15 is 0 Å². The Morgan fingerprint density at radius 2 is 1.79 bits per heavy atom. The molecule has 104 valence electrons. The van der Waals surface area contributed by atoms with Crippen LogP contribution in [0.2, 0.25) is 10.0 Å². The van der Waals surface area contributed by atoms with Crippen molar-refractivity contribution in [2.75, 3.05) is 11.9 Å². The number of anilines is 1. The first-order valence-electron chi connectivity index (χ1n) is 6.45. The molecule has 4 nitrogen and oxygen atoms in total. The van der Waals surface area contributed by atoms with E-state index in [1.165, 1.54) is 44.2 Å². The molecule has 1 aliphatic rings. The molecule has 1 saturated carbocycles. The highest BCUT2D eigenvalue weighted by Crippen LogP contribution is 2.35. The van der Waals surface area contributed by atoms with Crippen LogP contribution in [-0.4, -0.2) is 11.5 Å². The second-order valence-electron chi connectivity index (χ2n) is 4.93. The third-order valence-corrected chi connectivity index (χ3v) is 4.13. The number of nitrogens with one attached hydrogen (secondary N) is 1. The summed E-state index contributed by atoms with van der Waals surface area (Å²) in [6.45, 7) is 0.817. The third kappa shape index (κ3) is 3.74. The van der Waals surface area contributed by atoms with Crippen LogP contribution in [0.4, 0.5) is 11.4 Å². The highest BCUT2D eigenvalue weighted by Gasteiger charge is 2.17. The Balaban J connectivity index is 2.05. The minimum atomic E-state index is -0.497. The predicted octanol–water partition coefficient (Wildman–Crippen LogP) is 4.89. The van der Waals surface area contributed by atoms with Gasteiger partial charge in [0.15, 0.2) is 0 Å². The quantitative estimate of drug-likeness (QED) is 0.636. The van der Waals surface area contributed by atoms with Crippen LogP contribution in [0.3, 0.4) is 0 Å². The summed E-state index contributed by atoms with van der Waals surface area (Å²) in [4.78, 5) is 10.2. The van der Waals surface area contributed by atoms with Gasteiger partial charge in [-0.3, -0.25) is 10.1 Å². The fraction of sp³-hybridized carbons (Fsp3) is 0.538. The maximum Gasteiger partial charge on any atom is 0.272 e. The molecule has 6 heteroatoms. The van der Waals surface area contributed by atoms with Gasteiger partial charge in [0, 0.05) is 18.7 Å². The normalized spacial score (nSPS) is 16.3. The van der Waals surface area contributed by atoms with Crippen LogP contribution >= 0.6 is 23.2 Å². The highest BCUT2D eigenvalue weighted by molar-refractivity contribution is 6.39. The molecular weight excluding hydrogens is 287 g/mol. The zero-order chi connectivity index (χ0) is 13.8. The molecule has 1 N–H and O–H groups in total. The minimum absolute atomic E-state index is 0.0850. The van der Waals surface area contributed by atoms with Gasteiger partial charge in [-0.2, -0.15) is 0 Å². The lowest BCUT2D eigenvalue weighted by molar-refractivity contribution is -0.384. The molecule has 0 radical (unpaired) electrons. The Morgan fingerprint density at radius 1 is 1.21 bits per heavy atom. The molecule has 0 saturated heterocycles. The molecule has 0 aromatic heterocycles. The summed E-state index contributed by atoms with van der Waals surface area (Å²) in [6.07, 6.45) is 6.29. The number of rotatable bonds is 4. The first-order valence-corrected chi connectivity index (χ1v) is 7.21. The second-order valence-corrected chi connectivity index (χ2v) is 5.74. The number of non-ortho nitro benzene ring substituents is 1. The van der Waals surface area contributed by atoms with Crippen molar-refractivity contribution < 1.29 is 4.92 Å². The van der Waals surface area contributed by atoms with Gasteiger partial charge < -0.3 is 5.32 Å². The van der Waals surface area contributed by atoms with E-state index in [9.17, 15) is 10.1 Å². The molecule has 0 unspecified atom stereocenters. The molecule has 2 rings (SSSR count). The number of nitro groups is 1. The standard InChI is InChI=1S/C13H16Cl2N2O2/c14-11-6-10(17(18)19)7-12(15)13(11)16-8-9-4-2-1-3-5-9/h6-7,9,16H,1-5,8H2. The van der Waals surface area contributed by atoms with Gasteiger partial charge in [-0.15, -0.1) is 0 Å². The predicted molar refractivity (Wildman–Crippen MR) is 78.2 cm³/mol. The molecule has 1 fully saturated rings. The molecule has 0 atom stereocenters. The topological polar surface area (TPSA) is 55.2 Å². The van der Waals surface area contributed by atoms with E-state index in [1.54, 1.807) is 0 Å². The van der Waals surface area contributed by atoms with E-state index in [1.807, 2.05) is 0 Å². The van der Waals surface area contributed by atoms with E-state index in [2.05, 4.69) is 5.32 Å². The Morgan fingerprint density at radius 3 is 2.32 bits per heavy atom. The lowest BCUT2D eigenvalue weighted by atomic mass is 9.89. The van der Waals surface area contributed by atoms with Crippen LogP contribution < -0.4 is 5.32 Å². The van der Waals surface area contributed by atoms with Gasteiger partial charge in [0.25, 0.3) is 5.69 Å². The average molecular weight is 303 g/mol. The minimum Gasteiger partial charge on any atom is -0.382 e. The number of halogens is 2. The smallest absolute Gasteiger partial charge is 0.272 e. The summed E-state index contributed by atoms with van der Waals surface area (Å²) in [7, 11) is 0. The van der Waals surface area contributed by atoms with Crippen molar-refractivity contribution in [3.63, 3.8) is 0 Å². The zero-order valence-electron chi connectivity index (χ0n) is 10.5. The largest absolute Gasteiger partial charge is 0.382 e. The molecular formula is C13H16Cl2N2O2. The number of hydrogen-bond acceptors (Lipinski definition) is 3. The lowest BCUT2D eigenvalue weighted by Gasteiger charge is -2.22. The fourth-order valence-electron chi connectivity index (χ4n) is 2.47. The summed E-state index contributed by atoms with van der Waals surface area (Å²) < 4.78 is 0. The van der Waals surface area contributed by atoms with Crippen molar-refractivity contribution in [2.24, 2.45) is 5.92 Å². The number of nitro benzene ring substituents is 1. The van der Waals surface area contributed by atoms with Crippen molar-refractivity contribution in [2.45, 2.75) is 32.1 Å². The summed E-state index contributed by atoms with van der Waals surface area (Å²) >= 11 is 12.1. The first-order chi connectivity index (χ1) is 9.08. The van der Waals surface area contributed by atoms with Gasteiger partial charge in [0.2, 0.25) is 0 Å². The molecule has 19 heavy (non-hydrogen) atoms. The van der Waals surface area contributed by atoms with Crippen LogP contribution in [0.15, 0.2) is 12.1 Å². The molecule has 0 bridgehead atoms. The summed E-state index contributed by atoms with van der Waals surface area (Å²) in [5.41, 5.74) is 0.512. The monoisotopic (exact) mass is 302 g/mol. The van der Waals surface area contributed by atoms with E-state index < -0.39 is 4.92 Å². The fourth-order valence-corrected chi connectivity index (χ4v) is 3.08. The Labute approximate surface area is 122 Å². The van der Waals surface area contributed by atoms with Crippen LogP contribution in [0, 0.1) is 16.0 Å². The first kappa shape index (κ1) is 14.4. The summed E-state index contributed by atoms with van der Waals surface area (Å²) in [5, 5.41) is 14.5. The van der Waals surface area contributed by atoms with Gasteiger partial charge in [-0.25, -0.2) is 0 Å². The maximum atomic E-state index is 10.7. The molecule has 0 heterocycles. The molecule has 0 aliphatic heterocycles. The Bertz CT molecular complexity index is 451. The Hall–Kier alpha value is -1.00.